The molecule has 15 heavy (non-hydrogen) atoms. The van der Waals surface area contributed by atoms with Gasteiger partial charge in [0.1, 0.15) is 0 Å². The van der Waals surface area contributed by atoms with Crippen LogP contribution in [0.15, 0.2) is 40.4 Å². The summed E-state index contributed by atoms with van der Waals surface area (Å²) in [5.41, 5.74) is 1.01. The molecule has 1 aromatic rings. The lowest BCUT2D eigenvalue weighted by molar-refractivity contribution is 1.20. The number of rotatable bonds is 2. The van der Waals surface area contributed by atoms with Gasteiger partial charge < -0.3 is 0 Å². The summed E-state index contributed by atoms with van der Waals surface area (Å²) in [7, 11) is 0. The van der Waals surface area contributed by atoms with Crippen LogP contribution in [0.2, 0.25) is 0 Å². The van der Waals surface area contributed by atoms with Gasteiger partial charge in [0.05, 0.1) is 5.03 Å². The lowest BCUT2D eigenvalue weighted by Gasteiger charge is -2.11. The molecule has 5 heteroatoms. The van der Waals surface area contributed by atoms with E-state index in [1.54, 1.807) is 0 Å². The van der Waals surface area contributed by atoms with Gasteiger partial charge in [-0.25, -0.2) is 0 Å². The van der Waals surface area contributed by atoms with E-state index in [1.165, 1.54) is 0 Å². The molecule has 0 N–H and O–H groups in total. The maximum Gasteiger partial charge on any atom is 0.227 e. The highest BCUT2D eigenvalue weighted by atomic mass is 35.6. The third-order valence-corrected chi connectivity index (χ3v) is 3.48. The summed E-state index contributed by atoms with van der Waals surface area (Å²) in [4.78, 5) is 0. The molecule has 0 saturated heterocycles. The summed E-state index contributed by atoms with van der Waals surface area (Å²) in [6, 6.07) is 9.57. The Labute approximate surface area is 114 Å². The summed E-state index contributed by atoms with van der Waals surface area (Å²) < 4.78 is -1.66. The van der Waals surface area contributed by atoms with Gasteiger partial charge in [-0.2, -0.15) is 0 Å². The van der Waals surface area contributed by atoms with Crippen molar-refractivity contribution in [1.29, 1.82) is 0 Å². The molecule has 0 spiro atoms. The third-order valence-electron chi connectivity index (χ3n) is 1.69. The van der Waals surface area contributed by atoms with Gasteiger partial charge in [0.25, 0.3) is 0 Å². The van der Waals surface area contributed by atoms with Crippen molar-refractivity contribution in [2.24, 2.45) is 0 Å². The molecular weight excluding hydrogens is 297 g/mol. The first-order chi connectivity index (χ1) is 6.91. The Bertz CT molecular complexity index is 350. The molecular formula is C10H7Cl5. The van der Waals surface area contributed by atoms with E-state index < -0.39 is 3.79 Å². The molecule has 0 fully saturated rings. The Morgan fingerprint density at radius 1 is 1.00 bits per heavy atom. The van der Waals surface area contributed by atoms with Crippen molar-refractivity contribution >= 4 is 58.0 Å². The largest absolute Gasteiger partial charge is 0.227 e. The number of allylic oxidation sites excluding steroid dienone is 2. The molecule has 1 aromatic carbocycles. The summed E-state index contributed by atoms with van der Waals surface area (Å²) >= 11 is 28.6. The Morgan fingerprint density at radius 3 is 2.00 bits per heavy atom. The van der Waals surface area contributed by atoms with Crippen molar-refractivity contribution in [3.8, 4) is 0 Å². The van der Waals surface area contributed by atoms with Gasteiger partial charge in [-0.15, -0.1) is 0 Å². The van der Waals surface area contributed by atoms with Gasteiger partial charge in [0.15, 0.2) is 0 Å². The lowest BCUT2D eigenvalue weighted by Crippen LogP contribution is -2.04. The van der Waals surface area contributed by atoms with Crippen LogP contribution < -0.4 is 0 Å². The molecule has 0 radical (unpaired) electrons. The maximum absolute atomic E-state index is 5.94. The minimum Gasteiger partial charge on any atom is -0.0874 e. The highest BCUT2D eigenvalue weighted by Gasteiger charge is 2.27. The molecule has 0 aliphatic carbocycles. The molecule has 0 amide bonds. The molecule has 0 heterocycles. The summed E-state index contributed by atoms with van der Waals surface area (Å²) in [5.74, 6) is 0. The maximum atomic E-state index is 5.94. The molecule has 0 aliphatic heterocycles. The van der Waals surface area contributed by atoms with Crippen molar-refractivity contribution in [1.82, 2.24) is 0 Å². The van der Waals surface area contributed by atoms with Gasteiger partial charge in [-0.3, -0.25) is 0 Å². The van der Waals surface area contributed by atoms with E-state index in [-0.39, 0.29) is 5.03 Å². The fraction of sp³-hybridized carbons (Fsp3) is 0.200. The van der Waals surface area contributed by atoms with Crippen LogP contribution in [0.5, 0.6) is 0 Å². The predicted octanol–water partition coefficient (Wildman–Crippen LogP) is 5.29. The Morgan fingerprint density at radius 2 is 1.53 bits per heavy atom. The van der Waals surface area contributed by atoms with Crippen LogP contribution in [0, 0.1) is 0 Å². The second-order valence-electron chi connectivity index (χ2n) is 2.88. The zero-order valence-corrected chi connectivity index (χ0v) is 11.3. The van der Waals surface area contributed by atoms with Crippen LogP contribution in [0.3, 0.4) is 0 Å². The average molecular weight is 304 g/mol. The molecule has 82 valence electrons. The van der Waals surface area contributed by atoms with Gasteiger partial charge in [-0.05, 0) is 5.56 Å². The van der Waals surface area contributed by atoms with Crippen LogP contribution in [0.25, 0.3) is 0 Å². The zero-order chi connectivity index (χ0) is 11.5. The van der Waals surface area contributed by atoms with Crippen LogP contribution in [-0.4, -0.2) is 3.79 Å². The topological polar surface area (TPSA) is 0 Å². The standard InChI is InChI=1S/C10H7Cl5/c11-8(9(12)10(13,14)15)6-7-4-2-1-3-5-7/h1-5H,6H2. The van der Waals surface area contributed by atoms with E-state index in [0.29, 0.717) is 11.5 Å². The third kappa shape index (κ3) is 4.42. The highest BCUT2D eigenvalue weighted by molar-refractivity contribution is 6.73. The number of halogens is 5. The lowest BCUT2D eigenvalue weighted by atomic mass is 10.1. The van der Waals surface area contributed by atoms with Crippen LogP contribution in [0.4, 0.5) is 0 Å². The molecule has 0 saturated carbocycles. The summed E-state index contributed by atoms with van der Waals surface area (Å²) in [5, 5.41) is 0.376. The van der Waals surface area contributed by atoms with E-state index in [9.17, 15) is 0 Å². The van der Waals surface area contributed by atoms with Crippen molar-refractivity contribution in [2.75, 3.05) is 0 Å². The number of alkyl halides is 3. The fourth-order valence-corrected chi connectivity index (χ4v) is 1.86. The van der Waals surface area contributed by atoms with Crippen molar-refractivity contribution < 1.29 is 0 Å². The number of hydrogen-bond donors (Lipinski definition) is 0. The molecule has 0 aliphatic rings. The van der Waals surface area contributed by atoms with E-state index in [1.807, 2.05) is 30.3 Å². The van der Waals surface area contributed by atoms with E-state index in [2.05, 4.69) is 0 Å². The van der Waals surface area contributed by atoms with E-state index in [4.69, 9.17) is 58.0 Å². The average Bonchev–Trinajstić information content (AvgIpc) is 2.16. The van der Waals surface area contributed by atoms with Crippen molar-refractivity contribution in [3.63, 3.8) is 0 Å². The molecule has 1 rings (SSSR count). The Kier molecular flexibility index (Phi) is 5.08. The Balaban J connectivity index is 2.84. The second kappa shape index (κ2) is 5.65. The summed E-state index contributed by atoms with van der Waals surface area (Å²) in [6.07, 6.45) is 0.454. The Hall–Kier alpha value is 0.410. The first-order valence-electron chi connectivity index (χ1n) is 4.06. The molecule has 0 bridgehead atoms. The highest BCUT2D eigenvalue weighted by Crippen LogP contribution is 2.40. The second-order valence-corrected chi connectivity index (χ2v) is 5.99. The fourth-order valence-electron chi connectivity index (χ4n) is 1.01. The van der Waals surface area contributed by atoms with Crippen molar-refractivity contribution in [3.05, 3.63) is 46.0 Å². The van der Waals surface area contributed by atoms with E-state index >= 15 is 0 Å². The zero-order valence-electron chi connectivity index (χ0n) is 7.48. The molecule has 0 atom stereocenters. The van der Waals surface area contributed by atoms with Gasteiger partial charge in [-0.1, -0.05) is 88.3 Å². The smallest absolute Gasteiger partial charge is 0.0874 e. The van der Waals surface area contributed by atoms with Crippen LogP contribution in [0.1, 0.15) is 5.56 Å². The number of hydrogen-bond acceptors (Lipinski definition) is 0. The minimum absolute atomic E-state index is 0.0398. The van der Waals surface area contributed by atoms with Crippen LogP contribution >= 0.6 is 58.0 Å². The van der Waals surface area contributed by atoms with Crippen molar-refractivity contribution in [2.45, 2.75) is 10.2 Å². The van der Waals surface area contributed by atoms with Gasteiger partial charge in [0, 0.05) is 11.5 Å². The molecule has 0 aromatic heterocycles. The first-order valence-corrected chi connectivity index (χ1v) is 5.95. The predicted molar refractivity (Wildman–Crippen MR) is 69.2 cm³/mol. The van der Waals surface area contributed by atoms with E-state index in [0.717, 1.165) is 5.56 Å². The van der Waals surface area contributed by atoms with Crippen LogP contribution in [-0.2, 0) is 6.42 Å². The van der Waals surface area contributed by atoms with Gasteiger partial charge >= 0.3 is 0 Å². The molecule has 0 unspecified atom stereocenters. The minimum atomic E-state index is -1.66. The van der Waals surface area contributed by atoms with Gasteiger partial charge in [0.2, 0.25) is 3.79 Å². The SMILES string of the molecule is ClC(Cc1ccccc1)=C(Cl)C(Cl)(Cl)Cl. The molecule has 0 nitrogen and oxygen atoms in total. The quantitative estimate of drug-likeness (QED) is 0.651. The summed E-state index contributed by atoms with van der Waals surface area (Å²) in [6.45, 7) is 0. The normalized spacial score (nSPS) is 13.7. The first kappa shape index (κ1) is 13.5. The number of benzene rings is 1. The monoisotopic (exact) mass is 302 g/mol.